The summed E-state index contributed by atoms with van der Waals surface area (Å²) < 4.78 is 5.61. The highest BCUT2D eigenvalue weighted by atomic mass is 32.2. The van der Waals surface area contributed by atoms with Crippen LogP contribution in [0.3, 0.4) is 0 Å². The topological polar surface area (TPSA) is 12.5 Å². The zero-order valence-corrected chi connectivity index (χ0v) is 10.7. The van der Waals surface area contributed by atoms with Crippen LogP contribution in [0.4, 0.5) is 0 Å². The van der Waals surface area contributed by atoms with Crippen molar-refractivity contribution in [2.75, 3.05) is 0 Å². The van der Waals surface area contributed by atoms with Gasteiger partial charge in [0.1, 0.15) is 0 Å². The van der Waals surface area contributed by atoms with Crippen LogP contribution in [-0.4, -0.2) is 17.0 Å². The molecule has 0 amide bonds. The van der Waals surface area contributed by atoms with Crippen LogP contribution in [0.15, 0.2) is 47.9 Å². The molecule has 1 aliphatic heterocycles. The first kappa shape index (κ1) is 11.7. The number of thioether (sulfide) groups is 1. The molecule has 0 aromatic heterocycles. The van der Waals surface area contributed by atoms with Crippen molar-refractivity contribution >= 4 is 11.8 Å². The van der Waals surface area contributed by atoms with Crippen LogP contribution < -0.4 is 0 Å². The maximum absolute atomic E-state index is 5.61. The summed E-state index contributed by atoms with van der Waals surface area (Å²) in [5.74, 6) is 0. The Bertz CT molecular complexity index is 362. The Labute approximate surface area is 102 Å². The largest absolute Gasteiger partial charge is 0.367 e. The molecule has 1 aliphatic rings. The van der Waals surface area contributed by atoms with Crippen LogP contribution in [0.25, 0.3) is 0 Å². The molecule has 2 rings (SSSR count). The molecule has 3 unspecified atom stereocenters. The molecule has 1 aromatic rings. The molecule has 0 aliphatic carbocycles. The van der Waals surface area contributed by atoms with E-state index in [-0.39, 0.29) is 5.60 Å². The van der Waals surface area contributed by atoms with Crippen LogP contribution in [0.5, 0.6) is 0 Å². The van der Waals surface area contributed by atoms with E-state index in [0.717, 1.165) is 6.42 Å². The first-order chi connectivity index (χ1) is 7.64. The average molecular weight is 234 g/mol. The molecular formula is C14H18OS. The lowest BCUT2D eigenvalue weighted by Gasteiger charge is -2.14. The summed E-state index contributed by atoms with van der Waals surface area (Å²) in [4.78, 5) is 1.30. The van der Waals surface area contributed by atoms with E-state index >= 15 is 0 Å². The Morgan fingerprint density at radius 3 is 2.62 bits per heavy atom. The summed E-state index contributed by atoms with van der Waals surface area (Å²) in [6.07, 6.45) is 3.46. The van der Waals surface area contributed by atoms with Gasteiger partial charge in [0.15, 0.2) is 0 Å². The second-order valence-electron chi connectivity index (χ2n) is 4.48. The van der Waals surface area contributed by atoms with Gasteiger partial charge < -0.3 is 4.74 Å². The first-order valence-electron chi connectivity index (χ1n) is 5.66. The normalized spacial score (nSPS) is 29.8. The van der Waals surface area contributed by atoms with Crippen LogP contribution >= 0.6 is 11.8 Å². The minimum absolute atomic E-state index is 0.0701. The van der Waals surface area contributed by atoms with Crippen LogP contribution in [0.1, 0.15) is 20.3 Å². The first-order valence-corrected chi connectivity index (χ1v) is 6.54. The molecule has 86 valence electrons. The van der Waals surface area contributed by atoms with Gasteiger partial charge in [-0.2, -0.15) is 0 Å². The lowest BCUT2D eigenvalue weighted by molar-refractivity contribution is 0.302. The van der Waals surface area contributed by atoms with E-state index in [9.17, 15) is 0 Å². The number of hydrogen-bond acceptors (Lipinski definition) is 2. The summed E-state index contributed by atoms with van der Waals surface area (Å²) >= 11 is 1.86. The van der Waals surface area contributed by atoms with Gasteiger partial charge in [0.25, 0.3) is 0 Å². The predicted molar refractivity (Wildman–Crippen MR) is 69.9 cm³/mol. The van der Waals surface area contributed by atoms with E-state index < -0.39 is 0 Å². The number of hydrogen-bond donors (Lipinski definition) is 0. The molecule has 0 N–H and O–H groups in total. The third-order valence-electron chi connectivity index (χ3n) is 3.15. The molecule has 0 bridgehead atoms. The van der Waals surface area contributed by atoms with Crippen molar-refractivity contribution in [2.45, 2.75) is 42.1 Å². The van der Waals surface area contributed by atoms with Gasteiger partial charge in [0.05, 0.1) is 11.7 Å². The molecule has 1 aromatic carbocycles. The molecule has 0 radical (unpaired) electrons. The van der Waals surface area contributed by atoms with Gasteiger partial charge >= 0.3 is 0 Å². The Morgan fingerprint density at radius 2 is 2.12 bits per heavy atom. The standard InChI is InChI=1S/C14H18OS/c1-4-12(10-14(3)11(2)15-14)16-13-8-6-5-7-9-13/h4-9,11-12H,1,10H2,2-3H3. The fourth-order valence-corrected chi connectivity index (χ4v) is 3.00. The van der Waals surface area contributed by atoms with E-state index in [0.29, 0.717) is 11.4 Å². The van der Waals surface area contributed by atoms with E-state index in [1.165, 1.54) is 4.90 Å². The van der Waals surface area contributed by atoms with Crippen molar-refractivity contribution in [3.8, 4) is 0 Å². The molecule has 1 nitrogen and oxygen atoms in total. The van der Waals surface area contributed by atoms with Crippen molar-refractivity contribution in [3.63, 3.8) is 0 Å². The SMILES string of the molecule is C=CC(CC1(C)OC1C)Sc1ccccc1. The lowest BCUT2D eigenvalue weighted by Crippen LogP contribution is -2.15. The maximum Gasteiger partial charge on any atom is 0.0931 e. The Kier molecular flexibility index (Phi) is 3.41. The van der Waals surface area contributed by atoms with Gasteiger partial charge in [0, 0.05) is 10.1 Å². The Hall–Kier alpha value is -0.730. The minimum atomic E-state index is 0.0701. The highest BCUT2D eigenvalue weighted by Crippen LogP contribution is 2.43. The highest BCUT2D eigenvalue weighted by molar-refractivity contribution is 8.00. The van der Waals surface area contributed by atoms with Gasteiger partial charge in [-0.3, -0.25) is 0 Å². The monoisotopic (exact) mass is 234 g/mol. The van der Waals surface area contributed by atoms with E-state index in [1.54, 1.807) is 0 Å². The molecule has 0 spiro atoms. The Balaban J connectivity index is 1.94. The predicted octanol–water partition coefficient (Wildman–Crippen LogP) is 3.90. The quantitative estimate of drug-likeness (QED) is 0.435. The average Bonchev–Trinajstić information content (AvgIpc) is 2.87. The number of epoxide rings is 1. The van der Waals surface area contributed by atoms with E-state index in [4.69, 9.17) is 4.74 Å². The smallest absolute Gasteiger partial charge is 0.0931 e. The summed E-state index contributed by atoms with van der Waals surface area (Å²) in [6.45, 7) is 8.23. The zero-order valence-electron chi connectivity index (χ0n) is 9.85. The van der Waals surface area contributed by atoms with Crippen molar-refractivity contribution < 1.29 is 4.74 Å². The summed E-state index contributed by atoms with van der Waals surface area (Å²) in [7, 11) is 0. The molecule has 1 heterocycles. The second-order valence-corrected chi connectivity index (χ2v) is 5.79. The van der Waals surface area contributed by atoms with Gasteiger partial charge in [-0.25, -0.2) is 0 Å². The summed E-state index contributed by atoms with van der Waals surface area (Å²) in [6, 6.07) is 10.5. The third kappa shape index (κ3) is 2.69. The molecule has 1 saturated heterocycles. The number of ether oxygens (including phenoxy) is 1. The van der Waals surface area contributed by atoms with E-state index in [2.05, 4.69) is 44.7 Å². The van der Waals surface area contributed by atoms with Crippen LogP contribution in [0, 0.1) is 0 Å². The van der Waals surface area contributed by atoms with Crippen molar-refractivity contribution in [1.29, 1.82) is 0 Å². The zero-order chi connectivity index (χ0) is 11.6. The van der Waals surface area contributed by atoms with Crippen LogP contribution in [-0.2, 0) is 4.74 Å². The Morgan fingerprint density at radius 1 is 1.50 bits per heavy atom. The lowest BCUT2D eigenvalue weighted by atomic mass is 10.0. The molecule has 2 heteroatoms. The molecule has 3 atom stereocenters. The number of rotatable bonds is 5. The highest BCUT2D eigenvalue weighted by Gasteiger charge is 2.49. The number of benzene rings is 1. The van der Waals surface area contributed by atoms with Gasteiger partial charge in [-0.05, 0) is 32.4 Å². The van der Waals surface area contributed by atoms with Gasteiger partial charge in [0.2, 0.25) is 0 Å². The second kappa shape index (κ2) is 4.64. The van der Waals surface area contributed by atoms with Crippen molar-refractivity contribution in [1.82, 2.24) is 0 Å². The molecular weight excluding hydrogens is 216 g/mol. The molecule has 16 heavy (non-hydrogen) atoms. The summed E-state index contributed by atoms with van der Waals surface area (Å²) in [5, 5.41) is 0.428. The summed E-state index contributed by atoms with van der Waals surface area (Å²) in [5.41, 5.74) is 0.0701. The third-order valence-corrected chi connectivity index (χ3v) is 4.35. The fourth-order valence-electron chi connectivity index (χ4n) is 1.83. The van der Waals surface area contributed by atoms with Gasteiger partial charge in [-0.1, -0.05) is 24.3 Å². The van der Waals surface area contributed by atoms with Gasteiger partial charge in [-0.15, -0.1) is 18.3 Å². The van der Waals surface area contributed by atoms with Crippen molar-refractivity contribution in [3.05, 3.63) is 43.0 Å². The van der Waals surface area contributed by atoms with Crippen LogP contribution in [0.2, 0.25) is 0 Å². The van der Waals surface area contributed by atoms with Crippen molar-refractivity contribution in [2.24, 2.45) is 0 Å². The fraction of sp³-hybridized carbons (Fsp3) is 0.429. The minimum Gasteiger partial charge on any atom is -0.367 e. The molecule has 0 saturated carbocycles. The molecule has 1 fully saturated rings. The maximum atomic E-state index is 5.61. The van der Waals surface area contributed by atoms with E-state index in [1.807, 2.05) is 23.9 Å².